The van der Waals surface area contributed by atoms with E-state index in [1.165, 1.54) is 16.9 Å². The van der Waals surface area contributed by atoms with Crippen LogP contribution in [0.3, 0.4) is 0 Å². The van der Waals surface area contributed by atoms with E-state index in [2.05, 4.69) is 15.6 Å². The zero-order chi connectivity index (χ0) is 17.2. The van der Waals surface area contributed by atoms with Gasteiger partial charge in [-0.15, -0.1) is 11.3 Å². The van der Waals surface area contributed by atoms with Crippen molar-refractivity contribution in [1.29, 1.82) is 0 Å². The van der Waals surface area contributed by atoms with Crippen molar-refractivity contribution >= 4 is 17.4 Å². The minimum atomic E-state index is -0.993. The van der Waals surface area contributed by atoms with E-state index in [4.69, 9.17) is 0 Å². The van der Waals surface area contributed by atoms with Crippen molar-refractivity contribution in [1.82, 2.24) is 15.6 Å². The van der Waals surface area contributed by atoms with E-state index in [9.17, 15) is 9.90 Å². The molecule has 0 bridgehead atoms. The van der Waals surface area contributed by atoms with E-state index in [0.717, 1.165) is 29.1 Å². The van der Waals surface area contributed by atoms with Crippen molar-refractivity contribution in [3.63, 3.8) is 0 Å². The van der Waals surface area contributed by atoms with Gasteiger partial charge >= 0.3 is 6.03 Å². The summed E-state index contributed by atoms with van der Waals surface area (Å²) >= 11 is 1.53. The van der Waals surface area contributed by atoms with Gasteiger partial charge in [0.2, 0.25) is 0 Å². The first-order valence-electron chi connectivity index (χ1n) is 8.25. The van der Waals surface area contributed by atoms with Crippen LogP contribution in [-0.4, -0.2) is 22.7 Å². The second-order valence-corrected chi connectivity index (χ2v) is 7.31. The monoisotopic (exact) mass is 345 g/mol. The molecule has 2 atom stereocenters. The molecule has 1 aliphatic carbocycles. The number of benzene rings is 1. The third-order valence-corrected chi connectivity index (χ3v) is 5.60. The molecule has 3 rings (SSSR count). The highest BCUT2D eigenvalue weighted by Gasteiger charge is 2.34. The number of nitrogens with zero attached hydrogens (tertiary/aromatic N) is 1. The fraction of sp³-hybridized carbons (Fsp3) is 0.444. The summed E-state index contributed by atoms with van der Waals surface area (Å²) in [4.78, 5) is 16.6. The highest BCUT2D eigenvalue weighted by atomic mass is 32.1. The van der Waals surface area contributed by atoms with Gasteiger partial charge in [-0.1, -0.05) is 24.3 Å². The smallest absolute Gasteiger partial charge is 0.315 e. The number of urea groups is 1. The fourth-order valence-electron chi connectivity index (χ4n) is 3.19. The Morgan fingerprint density at radius 2 is 2.25 bits per heavy atom. The number of carbonyl (C=O) groups is 1. The number of amides is 2. The lowest BCUT2D eigenvalue weighted by atomic mass is 9.79. The topological polar surface area (TPSA) is 74.2 Å². The molecule has 0 saturated carbocycles. The van der Waals surface area contributed by atoms with Gasteiger partial charge in [-0.3, -0.25) is 0 Å². The molecule has 0 aliphatic heterocycles. The Morgan fingerprint density at radius 1 is 1.46 bits per heavy atom. The normalized spacial score (nSPS) is 21.0. The second-order valence-electron chi connectivity index (χ2n) is 6.42. The van der Waals surface area contributed by atoms with E-state index >= 15 is 0 Å². The van der Waals surface area contributed by atoms with Crippen LogP contribution in [0, 0.1) is 6.92 Å². The maximum absolute atomic E-state index is 12.2. The molecule has 1 aromatic carbocycles. The van der Waals surface area contributed by atoms with Gasteiger partial charge in [-0.05, 0) is 44.2 Å². The minimum Gasteiger partial charge on any atom is -0.383 e. The first kappa shape index (κ1) is 16.9. The number of carbonyl (C=O) groups excluding carboxylic acids is 1. The number of nitrogens with one attached hydrogen (secondary N) is 2. The Morgan fingerprint density at radius 3 is 3.00 bits per heavy atom. The van der Waals surface area contributed by atoms with Gasteiger partial charge in [0.1, 0.15) is 10.6 Å². The Balaban J connectivity index is 1.60. The molecule has 1 aromatic heterocycles. The molecule has 0 radical (unpaired) electrons. The average molecular weight is 345 g/mol. The molecule has 6 heteroatoms. The van der Waals surface area contributed by atoms with Crippen LogP contribution in [0.25, 0.3) is 0 Å². The molecule has 128 valence electrons. The van der Waals surface area contributed by atoms with E-state index in [-0.39, 0.29) is 18.6 Å². The highest BCUT2D eigenvalue weighted by molar-refractivity contribution is 7.09. The largest absolute Gasteiger partial charge is 0.383 e. The first-order chi connectivity index (χ1) is 11.5. The fourth-order valence-corrected chi connectivity index (χ4v) is 3.99. The molecule has 1 aliphatic rings. The summed E-state index contributed by atoms with van der Waals surface area (Å²) in [6.07, 6.45) is 2.56. The second kappa shape index (κ2) is 6.91. The molecule has 2 unspecified atom stereocenters. The summed E-state index contributed by atoms with van der Waals surface area (Å²) in [5, 5.41) is 19.5. The van der Waals surface area contributed by atoms with Crippen LogP contribution in [0.5, 0.6) is 0 Å². The number of rotatable bonds is 4. The van der Waals surface area contributed by atoms with Crippen LogP contribution in [0.4, 0.5) is 4.79 Å². The minimum absolute atomic E-state index is 0.156. The van der Waals surface area contributed by atoms with Gasteiger partial charge in [-0.25, -0.2) is 9.78 Å². The van der Waals surface area contributed by atoms with Crippen LogP contribution in [-0.2, 0) is 12.0 Å². The Hall–Kier alpha value is -1.92. The summed E-state index contributed by atoms with van der Waals surface area (Å²) in [7, 11) is 0. The van der Waals surface area contributed by atoms with Crippen LogP contribution in [0.15, 0.2) is 29.6 Å². The van der Waals surface area contributed by atoms with Gasteiger partial charge in [0, 0.05) is 11.1 Å². The van der Waals surface area contributed by atoms with Gasteiger partial charge < -0.3 is 15.7 Å². The van der Waals surface area contributed by atoms with Crippen LogP contribution >= 0.6 is 11.3 Å². The Bertz CT molecular complexity index is 731. The molecule has 1 heterocycles. The molecular weight excluding hydrogens is 322 g/mol. The molecule has 0 spiro atoms. The maximum atomic E-state index is 12.2. The van der Waals surface area contributed by atoms with Gasteiger partial charge in [-0.2, -0.15) is 0 Å². The lowest BCUT2D eigenvalue weighted by Gasteiger charge is -2.34. The average Bonchev–Trinajstić information content (AvgIpc) is 3.00. The van der Waals surface area contributed by atoms with Gasteiger partial charge in [0.05, 0.1) is 12.6 Å². The summed E-state index contributed by atoms with van der Waals surface area (Å²) in [5.74, 6) is 0. The lowest BCUT2D eigenvalue weighted by molar-refractivity contribution is 0.0216. The van der Waals surface area contributed by atoms with E-state index in [1.54, 1.807) is 0 Å². The van der Waals surface area contributed by atoms with Crippen molar-refractivity contribution in [3.8, 4) is 0 Å². The third kappa shape index (κ3) is 3.60. The molecule has 0 fully saturated rings. The molecule has 2 aromatic rings. The molecule has 0 saturated heterocycles. The van der Waals surface area contributed by atoms with Crippen LogP contribution in [0.1, 0.15) is 47.6 Å². The number of hydrogen-bond donors (Lipinski definition) is 3. The summed E-state index contributed by atoms with van der Waals surface area (Å²) < 4.78 is 0. The van der Waals surface area contributed by atoms with E-state index in [0.29, 0.717) is 6.42 Å². The summed E-state index contributed by atoms with van der Waals surface area (Å²) in [6, 6.07) is 7.48. The predicted molar refractivity (Wildman–Crippen MR) is 95.1 cm³/mol. The highest BCUT2D eigenvalue weighted by Crippen LogP contribution is 2.34. The standard InChI is InChI=1S/C18H23N3O2S/c1-12-10-24-16(20-12)13(2)21-17(22)19-11-18(23)9-5-7-14-6-3-4-8-15(14)18/h3-4,6,8,10,13,23H,5,7,9,11H2,1-2H3,(H2,19,21,22). The number of aromatic nitrogens is 1. The van der Waals surface area contributed by atoms with E-state index < -0.39 is 5.60 Å². The number of thiazole rings is 1. The molecule has 5 nitrogen and oxygen atoms in total. The van der Waals surface area contributed by atoms with Crippen molar-refractivity contribution in [2.75, 3.05) is 6.54 Å². The predicted octanol–water partition coefficient (Wildman–Crippen LogP) is 3.04. The quantitative estimate of drug-likeness (QED) is 0.797. The molecule has 24 heavy (non-hydrogen) atoms. The lowest BCUT2D eigenvalue weighted by Crippen LogP contribution is -2.46. The third-order valence-electron chi connectivity index (χ3n) is 4.45. The Labute approximate surface area is 146 Å². The zero-order valence-corrected chi connectivity index (χ0v) is 14.8. The molecule has 3 N–H and O–H groups in total. The number of aryl methyl sites for hydroxylation is 2. The van der Waals surface area contributed by atoms with E-state index in [1.807, 2.05) is 43.5 Å². The number of aliphatic hydroxyl groups is 1. The SMILES string of the molecule is Cc1csc(C(C)NC(=O)NCC2(O)CCCc3ccccc32)n1. The van der Waals surface area contributed by atoms with Crippen LogP contribution in [0.2, 0.25) is 0 Å². The van der Waals surface area contributed by atoms with Gasteiger partial charge in [0.25, 0.3) is 0 Å². The van der Waals surface area contributed by atoms with Crippen molar-refractivity contribution in [3.05, 3.63) is 51.5 Å². The van der Waals surface area contributed by atoms with Crippen molar-refractivity contribution in [2.24, 2.45) is 0 Å². The Kier molecular flexibility index (Phi) is 4.87. The first-order valence-corrected chi connectivity index (χ1v) is 9.13. The number of hydrogen-bond acceptors (Lipinski definition) is 4. The van der Waals surface area contributed by atoms with Gasteiger partial charge in [0.15, 0.2) is 0 Å². The molecular formula is C18H23N3O2S. The van der Waals surface area contributed by atoms with Crippen molar-refractivity contribution < 1.29 is 9.90 Å². The number of fused-ring (bicyclic) bond motifs is 1. The van der Waals surface area contributed by atoms with Crippen molar-refractivity contribution in [2.45, 2.75) is 44.8 Å². The molecule has 2 amide bonds. The summed E-state index contributed by atoms with van der Waals surface area (Å²) in [5.41, 5.74) is 2.06. The van der Waals surface area contributed by atoms with Crippen LogP contribution < -0.4 is 10.6 Å². The maximum Gasteiger partial charge on any atom is 0.315 e. The zero-order valence-electron chi connectivity index (χ0n) is 14.0. The summed E-state index contributed by atoms with van der Waals surface area (Å²) in [6.45, 7) is 4.05.